The molecule has 0 unspecified atom stereocenters. The van der Waals surface area contributed by atoms with Crippen molar-refractivity contribution < 1.29 is 9.53 Å². The van der Waals surface area contributed by atoms with Crippen molar-refractivity contribution in [2.75, 3.05) is 27.7 Å². The van der Waals surface area contributed by atoms with Crippen LogP contribution in [0, 0.1) is 0 Å². The number of nitrogens with one attached hydrogen (secondary N) is 2. The van der Waals surface area contributed by atoms with Gasteiger partial charge in [-0.15, -0.1) is 24.0 Å². The Morgan fingerprint density at radius 2 is 1.72 bits per heavy atom. The number of guanidine groups is 1. The number of benzene rings is 2. The predicted molar refractivity (Wildman–Crippen MR) is 129 cm³/mol. The highest BCUT2D eigenvalue weighted by Gasteiger charge is 2.06. The Kier molecular flexibility index (Phi) is 11.1. The molecule has 2 aromatic rings. The minimum atomic E-state index is -0.0690. The molecule has 2 aromatic carbocycles. The summed E-state index contributed by atoms with van der Waals surface area (Å²) in [7, 11) is 5.18. The molecule has 0 spiro atoms. The van der Waals surface area contributed by atoms with E-state index in [2.05, 4.69) is 46.8 Å². The van der Waals surface area contributed by atoms with Gasteiger partial charge in [-0.25, -0.2) is 0 Å². The minimum Gasteiger partial charge on any atom is -0.484 e. The zero-order valence-corrected chi connectivity index (χ0v) is 19.9. The average molecular weight is 510 g/mol. The smallest absolute Gasteiger partial charge is 0.259 e. The summed E-state index contributed by atoms with van der Waals surface area (Å²) in [5, 5.41) is 6.67. The average Bonchev–Trinajstić information content (AvgIpc) is 2.72. The third-order valence-electron chi connectivity index (χ3n) is 4.39. The normalized spacial score (nSPS) is 10.7. The van der Waals surface area contributed by atoms with Crippen molar-refractivity contribution in [2.24, 2.45) is 4.99 Å². The van der Waals surface area contributed by atoms with Crippen molar-refractivity contribution in [1.82, 2.24) is 15.5 Å². The van der Waals surface area contributed by atoms with Gasteiger partial charge < -0.3 is 20.3 Å². The van der Waals surface area contributed by atoms with Gasteiger partial charge in [-0.3, -0.25) is 9.79 Å². The number of halogens is 1. The number of ether oxygens (including phenoxy) is 1. The Morgan fingerprint density at radius 1 is 1.03 bits per heavy atom. The second-order valence-corrected chi connectivity index (χ2v) is 6.63. The summed E-state index contributed by atoms with van der Waals surface area (Å²) in [5.41, 5.74) is 3.66. The second kappa shape index (κ2) is 13.0. The number of carbonyl (C=O) groups is 1. The molecule has 0 radical (unpaired) electrons. The third-order valence-corrected chi connectivity index (χ3v) is 4.39. The third kappa shape index (κ3) is 8.31. The van der Waals surface area contributed by atoms with Crippen molar-refractivity contribution in [1.29, 1.82) is 0 Å². The first-order valence-corrected chi connectivity index (χ1v) is 9.46. The van der Waals surface area contributed by atoms with Gasteiger partial charge in [0.25, 0.3) is 5.91 Å². The van der Waals surface area contributed by atoms with E-state index in [1.807, 2.05) is 24.3 Å². The van der Waals surface area contributed by atoms with Gasteiger partial charge in [-0.05, 0) is 35.2 Å². The molecule has 0 aliphatic rings. The van der Waals surface area contributed by atoms with Crippen LogP contribution in [0.25, 0.3) is 0 Å². The summed E-state index contributed by atoms with van der Waals surface area (Å²) >= 11 is 0. The van der Waals surface area contributed by atoms with Crippen LogP contribution in [0.15, 0.2) is 53.5 Å². The van der Waals surface area contributed by atoms with E-state index >= 15 is 0 Å². The van der Waals surface area contributed by atoms with Crippen molar-refractivity contribution in [3.63, 3.8) is 0 Å². The van der Waals surface area contributed by atoms with E-state index in [4.69, 9.17) is 4.74 Å². The predicted octanol–water partition coefficient (Wildman–Crippen LogP) is 3.20. The second-order valence-electron chi connectivity index (χ2n) is 6.63. The van der Waals surface area contributed by atoms with Crippen LogP contribution >= 0.6 is 24.0 Å². The highest BCUT2D eigenvalue weighted by atomic mass is 127. The van der Waals surface area contributed by atoms with E-state index in [9.17, 15) is 4.79 Å². The molecular weight excluding hydrogens is 479 g/mol. The van der Waals surface area contributed by atoms with E-state index in [0.29, 0.717) is 12.3 Å². The summed E-state index contributed by atoms with van der Waals surface area (Å²) in [6.07, 6.45) is 1.01. The number of nitrogens with zero attached hydrogens (tertiary/aromatic N) is 2. The van der Waals surface area contributed by atoms with Crippen LogP contribution in [0.5, 0.6) is 5.75 Å². The molecule has 6 nitrogen and oxygen atoms in total. The van der Waals surface area contributed by atoms with Gasteiger partial charge in [0, 0.05) is 34.2 Å². The quantitative estimate of drug-likeness (QED) is 0.325. The van der Waals surface area contributed by atoms with Crippen LogP contribution in [0.3, 0.4) is 0 Å². The van der Waals surface area contributed by atoms with Crippen molar-refractivity contribution >= 4 is 35.8 Å². The molecule has 0 atom stereocenters. The van der Waals surface area contributed by atoms with Gasteiger partial charge in [-0.2, -0.15) is 0 Å². The van der Waals surface area contributed by atoms with Gasteiger partial charge in [0.1, 0.15) is 5.75 Å². The first-order chi connectivity index (χ1) is 13.5. The fraction of sp³-hybridized carbons (Fsp3) is 0.364. The van der Waals surface area contributed by atoms with Crippen LogP contribution in [0.1, 0.15) is 23.6 Å². The van der Waals surface area contributed by atoms with E-state index in [1.54, 1.807) is 21.1 Å². The Morgan fingerprint density at radius 3 is 2.38 bits per heavy atom. The fourth-order valence-corrected chi connectivity index (χ4v) is 2.68. The first kappa shape index (κ1) is 24.7. The molecule has 29 heavy (non-hydrogen) atoms. The molecule has 0 aliphatic carbocycles. The van der Waals surface area contributed by atoms with Crippen LogP contribution in [0.2, 0.25) is 0 Å². The number of aryl methyl sites for hydroxylation is 1. The van der Waals surface area contributed by atoms with Crippen LogP contribution in [0.4, 0.5) is 0 Å². The van der Waals surface area contributed by atoms with E-state index in [-0.39, 0.29) is 36.5 Å². The number of aliphatic imine (C=N–C) groups is 1. The Hall–Kier alpha value is -2.29. The summed E-state index contributed by atoms with van der Waals surface area (Å²) in [6, 6.07) is 16.1. The summed E-state index contributed by atoms with van der Waals surface area (Å²) in [6.45, 7) is 3.52. The lowest BCUT2D eigenvalue weighted by atomic mass is 10.1. The molecule has 0 bridgehead atoms. The van der Waals surface area contributed by atoms with Gasteiger partial charge in [0.2, 0.25) is 0 Å². The number of rotatable bonds is 8. The number of carbonyl (C=O) groups excluding carboxylic acids is 1. The molecule has 0 saturated carbocycles. The topological polar surface area (TPSA) is 66.0 Å². The molecule has 0 saturated heterocycles. The summed E-state index contributed by atoms with van der Waals surface area (Å²) in [5.74, 6) is 1.34. The standard InChI is InChI=1S/C22H30N4O2.HI/c1-5-18-10-6-7-11-19(18)15-25-22(23-2)24-14-17-9-8-12-20(13-17)28-16-21(27)26(3)4;/h6-13H,5,14-16H2,1-4H3,(H2,23,24,25);1H. The summed E-state index contributed by atoms with van der Waals surface area (Å²) < 4.78 is 5.57. The lowest BCUT2D eigenvalue weighted by molar-refractivity contribution is -0.130. The molecular formula is C22H31IN4O2. The fourth-order valence-electron chi connectivity index (χ4n) is 2.68. The van der Waals surface area contributed by atoms with E-state index in [0.717, 1.165) is 24.5 Å². The lowest BCUT2D eigenvalue weighted by Gasteiger charge is -2.15. The Balaban J connectivity index is 0.00000420. The highest BCUT2D eigenvalue weighted by molar-refractivity contribution is 14.0. The molecule has 158 valence electrons. The molecule has 2 N–H and O–H groups in total. The number of amides is 1. The number of likely N-dealkylation sites (N-methyl/N-ethyl adjacent to an activating group) is 1. The van der Waals surface area contributed by atoms with Crippen molar-refractivity contribution in [3.8, 4) is 5.75 Å². The van der Waals surface area contributed by atoms with Crippen LogP contribution in [-0.4, -0.2) is 44.5 Å². The maximum absolute atomic E-state index is 11.7. The minimum absolute atomic E-state index is 0. The molecule has 0 aliphatic heterocycles. The number of hydrogen-bond acceptors (Lipinski definition) is 3. The maximum atomic E-state index is 11.7. The van der Waals surface area contributed by atoms with Crippen LogP contribution in [-0.2, 0) is 24.3 Å². The van der Waals surface area contributed by atoms with Gasteiger partial charge in [-0.1, -0.05) is 43.3 Å². The summed E-state index contributed by atoms with van der Waals surface area (Å²) in [4.78, 5) is 17.5. The monoisotopic (exact) mass is 510 g/mol. The van der Waals surface area contributed by atoms with Gasteiger partial charge in [0.15, 0.2) is 12.6 Å². The molecule has 1 amide bonds. The highest BCUT2D eigenvalue weighted by Crippen LogP contribution is 2.13. The van der Waals surface area contributed by atoms with E-state index < -0.39 is 0 Å². The Labute approximate surface area is 190 Å². The molecule has 0 heterocycles. The van der Waals surface area contributed by atoms with Gasteiger partial charge in [0.05, 0.1) is 0 Å². The maximum Gasteiger partial charge on any atom is 0.259 e. The number of hydrogen-bond donors (Lipinski definition) is 2. The lowest BCUT2D eigenvalue weighted by Crippen LogP contribution is -2.36. The van der Waals surface area contributed by atoms with Crippen molar-refractivity contribution in [3.05, 3.63) is 65.2 Å². The van der Waals surface area contributed by atoms with Gasteiger partial charge >= 0.3 is 0 Å². The molecule has 0 aromatic heterocycles. The van der Waals surface area contributed by atoms with E-state index in [1.165, 1.54) is 16.0 Å². The largest absolute Gasteiger partial charge is 0.484 e. The molecule has 2 rings (SSSR count). The molecule has 7 heteroatoms. The van der Waals surface area contributed by atoms with Crippen molar-refractivity contribution in [2.45, 2.75) is 26.4 Å². The SMILES string of the molecule is CCc1ccccc1CNC(=NC)NCc1cccc(OCC(=O)N(C)C)c1.I. The van der Waals surface area contributed by atoms with Crippen LogP contribution < -0.4 is 15.4 Å². The zero-order chi connectivity index (χ0) is 20.4. The molecule has 0 fully saturated rings. The zero-order valence-electron chi connectivity index (χ0n) is 17.6. The first-order valence-electron chi connectivity index (χ1n) is 9.46. The Bertz CT molecular complexity index is 809.